The van der Waals surface area contributed by atoms with Crippen molar-refractivity contribution in [1.29, 1.82) is 0 Å². The first-order chi connectivity index (χ1) is 9.95. The van der Waals surface area contributed by atoms with E-state index in [-0.39, 0.29) is 6.42 Å². The van der Waals surface area contributed by atoms with Gasteiger partial charge in [0.15, 0.2) is 0 Å². The maximum Gasteiger partial charge on any atom is 0.305 e. The molecule has 0 rings (SSSR count). The zero-order valence-corrected chi connectivity index (χ0v) is 11.8. The first kappa shape index (κ1) is 19.8. The second-order valence-corrected chi connectivity index (χ2v) is 5.33. The molecule has 1 unspecified atom stereocenters. The van der Waals surface area contributed by atoms with Crippen LogP contribution < -0.4 is 11.5 Å². The van der Waals surface area contributed by atoms with Gasteiger partial charge in [-0.3, -0.25) is 19.2 Å². The number of carboxylic acid groups (broad SMARTS) is 4. The Morgan fingerprint density at radius 1 is 0.818 bits per heavy atom. The normalized spacial score (nSPS) is 12.9. The maximum atomic E-state index is 10.8. The molecule has 0 aromatic heterocycles. The third kappa shape index (κ3) is 8.17. The van der Waals surface area contributed by atoms with E-state index in [0.717, 1.165) is 0 Å². The van der Waals surface area contributed by atoms with Gasteiger partial charge in [0.1, 0.15) is 0 Å². The van der Waals surface area contributed by atoms with Crippen LogP contribution in [0, 0.1) is 5.92 Å². The molecule has 0 aliphatic rings. The topological polar surface area (TPSA) is 201 Å². The third-order valence-electron chi connectivity index (χ3n) is 3.13. The molecule has 10 nitrogen and oxygen atoms in total. The fourth-order valence-electron chi connectivity index (χ4n) is 2.27. The van der Waals surface area contributed by atoms with Crippen LogP contribution in [-0.4, -0.2) is 55.9 Å². The van der Waals surface area contributed by atoms with Gasteiger partial charge in [0, 0.05) is 11.6 Å². The van der Waals surface area contributed by atoms with Crippen LogP contribution in [0.2, 0.25) is 0 Å². The first-order valence-corrected chi connectivity index (χ1v) is 6.37. The highest BCUT2D eigenvalue weighted by molar-refractivity contribution is 5.73. The van der Waals surface area contributed by atoms with E-state index in [1.54, 1.807) is 0 Å². The summed E-state index contributed by atoms with van der Waals surface area (Å²) in [5.74, 6) is -6.17. The van der Waals surface area contributed by atoms with Crippen molar-refractivity contribution < 1.29 is 39.6 Å². The smallest absolute Gasteiger partial charge is 0.305 e. The molecule has 126 valence electrons. The van der Waals surface area contributed by atoms with E-state index in [1.165, 1.54) is 0 Å². The largest absolute Gasteiger partial charge is 0.481 e. The zero-order valence-electron chi connectivity index (χ0n) is 11.8. The standard InChI is InChI=1S/C12H20N2O8/c13-7(6(1-8(15)16)2-9(17)18)3-12(14,4-10(19)20)5-11(21)22/h6-7H,1-5,13-14H2,(H,15,16)(H,17,18)(H,19,20)(H,21,22). The van der Waals surface area contributed by atoms with Crippen molar-refractivity contribution in [2.75, 3.05) is 0 Å². The van der Waals surface area contributed by atoms with Gasteiger partial charge in [-0.2, -0.15) is 0 Å². The predicted octanol–water partition coefficient (Wildman–Crippen LogP) is -1.08. The van der Waals surface area contributed by atoms with Crippen LogP contribution in [-0.2, 0) is 19.2 Å². The molecule has 8 N–H and O–H groups in total. The van der Waals surface area contributed by atoms with E-state index < -0.39 is 67.1 Å². The van der Waals surface area contributed by atoms with Crippen LogP contribution >= 0.6 is 0 Å². The molecule has 0 aliphatic heterocycles. The Hall–Kier alpha value is -2.20. The average Bonchev–Trinajstić information content (AvgIpc) is 2.23. The molecule has 0 fully saturated rings. The lowest BCUT2D eigenvalue weighted by molar-refractivity contribution is -0.144. The molecule has 0 heterocycles. The number of hydrogen-bond donors (Lipinski definition) is 6. The van der Waals surface area contributed by atoms with Crippen molar-refractivity contribution in [2.45, 2.75) is 43.7 Å². The molecule has 0 radical (unpaired) electrons. The van der Waals surface area contributed by atoms with Gasteiger partial charge in [-0.25, -0.2) is 0 Å². The Morgan fingerprint density at radius 3 is 1.45 bits per heavy atom. The number of aliphatic carboxylic acids is 4. The fourth-order valence-corrected chi connectivity index (χ4v) is 2.27. The molecule has 1 atom stereocenters. The van der Waals surface area contributed by atoms with Crippen LogP contribution in [0.1, 0.15) is 32.1 Å². The van der Waals surface area contributed by atoms with Gasteiger partial charge < -0.3 is 31.9 Å². The molecule has 0 bridgehead atoms. The van der Waals surface area contributed by atoms with Crippen molar-refractivity contribution in [2.24, 2.45) is 17.4 Å². The Kier molecular flexibility index (Phi) is 7.46. The lowest BCUT2D eigenvalue weighted by atomic mass is 9.80. The summed E-state index contributed by atoms with van der Waals surface area (Å²) in [4.78, 5) is 43.1. The number of hydrogen-bond acceptors (Lipinski definition) is 6. The van der Waals surface area contributed by atoms with Gasteiger partial charge in [-0.1, -0.05) is 0 Å². The molecular weight excluding hydrogens is 300 g/mol. The van der Waals surface area contributed by atoms with E-state index in [9.17, 15) is 19.2 Å². The second-order valence-electron chi connectivity index (χ2n) is 5.33. The molecule has 0 aliphatic carbocycles. The van der Waals surface area contributed by atoms with Crippen molar-refractivity contribution >= 4 is 23.9 Å². The monoisotopic (exact) mass is 320 g/mol. The lowest BCUT2D eigenvalue weighted by Crippen LogP contribution is -2.50. The molecule has 22 heavy (non-hydrogen) atoms. The number of carbonyl (C=O) groups is 4. The minimum absolute atomic E-state index is 0.323. The highest BCUT2D eigenvalue weighted by Gasteiger charge is 2.36. The van der Waals surface area contributed by atoms with Crippen molar-refractivity contribution in [3.05, 3.63) is 0 Å². The molecule has 10 heteroatoms. The quantitative estimate of drug-likeness (QED) is 0.271. The summed E-state index contributed by atoms with van der Waals surface area (Å²) in [6, 6.07) is -1.06. The summed E-state index contributed by atoms with van der Waals surface area (Å²) >= 11 is 0. The Balaban J connectivity index is 5.11. The summed E-state index contributed by atoms with van der Waals surface area (Å²) in [6.45, 7) is 0. The van der Waals surface area contributed by atoms with Gasteiger partial charge in [0.05, 0.1) is 25.7 Å². The minimum Gasteiger partial charge on any atom is -0.481 e. The zero-order chi connectivity index (χ0) is 17.5. The molecule has 0 saturated carbocycles. The summed E-state index contributed by atoms with van der Waals surface area (Å²) in [5.41, 5.74) is 9.84. The second kappa shape index (κ2) is 8.29. The molecule has 0 amide bonds. The number of rotatable bonds is 11. The van der Waals surface area contributed by atoms with Gasteiger partial charge in [0.25, 0.3) is 0 Å². The van der Waals surface area contributed by atoms with Crippen molar-refractivity contribution in [3.8, 4) is 0 Å². The van der Waals surface area contributed by atoms with Crippen molar-refractivity contribution in [1.82, 2.24) is 0 Å². The average molecular weight is 320 g/mol. The molecular formula is C12H20N2O8. The van der Waals surface area contributed by atoms with Crippen LogP contribution in [0.4, 0.5) is 0 Å². The summed E-state index contributed by atoms with van der Waals surface area (Å²) in [6.07, 6.45) is -2.76. The van der Waals surface area contributed by atoms with Crippen LogP contribution in [0.15, 0.2) is 0 Å². The SMILES string of the molecule is NC(CC(N)(CC(=O)O)CC(=O)O)C(CC(=O)O)CC(=O)O. The Bertz CT molecular complexity index is 418. The van der Waals surface area contributed by atoms with Gasteiger partial charge in [0.2, 0.25) is 0 Å². The summed E-state index contributed by atoms with van der Waals surface area (Å²) in [7, 11) is 0. The Labute approximate surface area is 125 Å². The number of carboxylic acids is 4. The van der Waals surface area contributed by atoms with Gasteiger partial charge in [-0.15, -0.1) is 0 Å². The summed E-state index contributed by atoms with van der Waals surface area (Å²) < 4.78 is 0. The van der Waals surface area contributed by atoms with E-state index in [4.69, 9.17) is 31.9 Å². The van der Waals surface area contributed by atoms with Crippen LogP contribution in [0.25, 0.3) is 0 Å². The van der Waals surface area contributed by atoms with Gasteiger partial charge >= 0.3 is 23.9 Å². The number of nitrogens with two attached hydrogens (primary N) is 2. The minimum atomic E-state index is -1.69. The summed E-state index contributed by atoms with van der Waals surface area (Å²) in [5, 5.41) is 35.1. The van der Waals surface area contributed by atoms with Crippen LogP contribution in [0.3, 0.4) is 0 Å². The van der Waals surface area contributed by atoms with E-state index in [0.29, 0.717) is 0 Å². The maximum absolute atomic E-state index is 10.8. The lowest BCUT2D eigenvalue weighted by Gasteiger charge is -2.32. The van der Waals surface area contributed by atoms with Gasteiger partial charge in [-0.05, 0) is 12.3 Å². The third-order valence-corrected chi connectivity index (χ3v) is 3.13. The molecule has 0 spiro atoms. The van der Waals surface area contributed by atoms with Crippen LogP contribution in [0.5, 0.6) is 0 Å². The first-order valence-electron chi connectivity index (χ1n) is 6.37. The van der Waals surface area contributed by atoms with E-state index in [1.807, 2.05) is 0 Å². The molecule has 0 saturated heterocycles. The predicted molar refractivity (Wildman–Crippen MR) is 72.0 cm³/mol. The highest BCUT2D eigenvalue weighted by Crippen LogP contribution is 2.25. The fraction of sp³-hybridized carbons (Fsp3) is 0.667. The molecule has 0 aromatic carbocycles. The Morgan fingerprint density at radius 2 is 1.18 bits per heavy atom. The van der Waals surface area contributed by atoms with E-state index >= 15 is 0 Å². The van der Waals surface area contributed by atoms with E-state index in [2.05, 4.69) is 0 Å². The van der Waals surface area contributed by atoms with Crippen molar-refractivity contribution in [3.63, 3.8) is 0 Å². The molecule has 0 aromatic rings. The highest BCUT2D eigenvalue weighted by atomic mass is 16.4.